The number of guanidine groups is 1. The molecule has 0 radical (unpaired) electrons. The number of hydrogen-bond donors (Lipinski definition) is 1. The maximum atomic E-state index is 12.1. The fourth-order valence-corrected chi connectivity index (χ4v) is 1.47. The molecule has 0 aromatic carbocycles. The topological polar surface area (TPSA) is 36.9 Å². The summed E-state index contributed by atoms with van der Waals surface area (Å²) in [5.74, 6) is 1.25. The van der Waals surface area contributed by atoms with Crippen molar-refractivity contribution in [2.45, 2.75) is 26.2 Å². The number of halogens is 2. The van der Waals surface area contributed by atoms with E-state index in [-0.39, 0.29) is 0 Å². The average molecular weight is 263 g/mol. The third kappa shape index (κ3) is 6.74. The van der Waals surface area contributed by atoms with Crippen LogP contribution in [-0.2, 0) is 4.74 Å². The van der Waals surface area contributed by atoms with Gasteiger partial charge in [0, 0.05) is 26.7 Å². The lowest BCUT2D eigenvalue weighted by atomic mass is 10.5. The van der Waals surface area contributed by atoms with Gasteiger partial charge in [0.15, 0.2) is 5.96 Å². The molecule has 4 nitrogen and oxygen atoms in total. The Morgan fingerprint density at radius 2 is 2.22 bits per heavy atom. The molecule has 0 bridgehead atoms. The molecule has 0 aliphatic heterocycles. The van der Waals surface area contributed by atoms with Crippen molar-refractivity contribution in [3.63, 3.8) is 0 Å². The normalized spacial score (nSPS) is 16.2. The van der Waals surface area contributed by atoms with Crippen molar-refractivity contribution in [3.05, 3.63) is 0 Å². The zero-order valence-electron chi connectivity index (χ0n) is 11.2. The van der Waals surface area contributed by atoms with Crippen molar-refractivity contribution in [1.82, 2.24) is 10.2 Å². The first kappa shape index (κ1) is 15.1. The Balaban J connectivity index is 2.23. The molecular formula is C12H23F2N3O. The highest BCUT2D eigenvalue weighted by atomic mass is 19.3. The zero-order valence-corrected chi connectivity index (χ0v) is 11.2. The number of ether oxygens (including phenoxy) is 1. The number of rotatable bonds is 8. The third-order valence-corrected chi connectivity index (χ3v) is 2.70. The molecule has 0 aromatic rings. The van der Waals surface area contributed by atoms with Gasteiger partial charge in [-0.25, -0.2) is 13.8 Å². The van der Waals surface area contributed by atoms with E-state index in [1.807, 2.05) is 18.9 Å². The third-order valence-electron chi connectivity index (χ3n) is 2.70. The molecule has 1 N–H and O–H groups in total. The fraction of sp³-hybridized carbons (Fsp3) is 0.917. The maximum Gasteiger partial charge on any atom is 0.257 e. The predicted octanol–water partition coefficient (Wildman–Crippen LogP) is 1.58. The molecule has 0 aromatic heterocycles. The van der Waals surface area contributed by atoms with Gasteiger partial charge in [-0.15, -0.1) is 0 Å². The minimum Gasteiger partial charge on any atom is -0.379 e. The lowest BCUT2D eigenvalue weighted by Gasteiger charge is -2.21. The number of likely N-dealkylation sites (N-methyl/N-ethyl adjacent to an activating group) is 1. The first-order chi connectivity index (χ1) is 8.63. The summed E-state index contributed by atoms with van der Waals surface area (Å²) in [6.07, 6.45) is 0.140. The highest BCUT2D eigenvalue weighted by molar-refractivity contribution is 5.79. The van der Waals surface area contributed by atoms with Crippen LogP contribution in [0.2, 0.25) is 0 Å². The summed E-state index contributed by atoms with van der Waals surface area (Å²) in [6, 6.07) is 0. The van der Waals surface area contributed by atoms with Crippen LogP contribution in [0, 0.1) is 5.92 Å². The van der Waals surface area contributed by atoms with E-state index in [0.717, 1.165) is 12.5 Å². The van der Waals surface area contributed by atoms with Crippen molar-refractivity contribution in [3.8, 4) is 0 Å². The zero-order chi connectivity index (χ0) is 13.4. The van der Waals surface area contributed by atoms with Crippen molar-refractivity contribution >= 4 is 5.96 Å². The summed E-state index contributed by atoms with van der Waals surface area (Å²) in [6.45, 7) is 4.19. The molecule has 1 rings (SSSR count). The standard InChI is InChI=1S/C12H23F2N3O/c1-3-15-12(16-8-11(13)14)17(2)6-7-18-9-10-4-5-10/h10-11H,3-9H2,1-2H3,(H,15,16). The predicted molar refractivity (Wildman–Crippen MR) is 68.2 cm³/mol. The van der Waals surface area contributed by atoms with Gasteiger partial charge in [0.2, 0.25) is 0 Å². The van der Waals surface area contributed by atoms with E-state index in [0.29, 0.717) is 25.7 Å². The lowest BCUT2D eigenvalue weighted by molar-refractivity contribution is 0.115. The van der Waals surface area contributed by atoms with Crippen LogP contribution in [0.25, 0.3) is 0 Å². The number of hydrogen-bond acceptors (Lipinski definition) is 2. The van der Waals surface area contributed by atoms with E-state index in [1.54, 1.807) is 0 Å². The molecule has 6 heteroatoms. The molecule has 1 saturated carbocycles. The van der Waals surface area contributed by atoms with Crippen LogP contribution in [0.5, 0.6) is 0 Å². The molecule has 1 aliphatic carbocycles. The van der Waals surface area contributed by atoms with Crippen molar-refractivity contribution in [2.24, 2.45) is 10.9 Å². The monoisotopic (exact) mass is 263 g/mol. The Hall–Kier alpha value is -0.910. The van der Waals surface area contributed by atoms with Crippen molar-refractivity contribution in [2.75, 3.05) is 39.9 Å². The van der Waals surface area contributed by atoms with Crippen LogP contribution in [0.3, 0.4) is 0 Å². The van der Waals surface area contributed by atoms with Gasteiger partial charge in [0.1, 0.15) is 6.54 Å². The average Bonchev–Trinajstić information content (AvgIpc) is 3.13. The molecule has 106 valence electrons. The minimum absolute atomic E-state index is 0.463. The minimum atomic E-state index is -2.40. The summed E-state index contributed by atoms with van der Waals surface area (Å²) in [5.41, 5.74) is 0. The second-order valence-electron chi connectivity index (χ2n) is 4.53. The molecule has 0 spiro atoms. The largest absolute Gasteiger partial charge is 0.379 e. The Bertz CT molecular complexity index is 258. The van der Waals surface area contributed by atoms with E-state index in [1.165, 1.54) is 12.8 Å². The molecular weight excluding hydrogens is 240 g/mol. The summed E-state index contributed by atoms with van der Waals surface area (Å²) in [4.78, 5) is 5.68. The Morgan fingerprint density at radius 3 is 2.78 bits per heavy atom. The maximum absolute atomic E-state index is 12.1. The Labute approximate surface area is 107 Å². The molecule has 0 heterocycles. The van der Waals surface area contributed by atoms with Gasteiger partial charge in [-0.2, -0.15) is 0 Å². The van der Waals surface area contributed by atoms with E-state index >= 15 is 0 Å². The van der Waals surface area contributed by atoms with Crippen LogP contribution in [-0.4, -0.2) is 57.2 Å². The highest BCUT2D eigenvalue weighted by Gasteiger charge is 2.21. The van der Waals surface area contributed by atoms with Crippen molar-refractivity contribution in [1.29, 1.82) is 0 Å². The van der Waals surface area contributed by atoms with E-state index in [9.17, 15) is 8.78 Å². The molecule has 0 unspecified atom stereocenters. The smallest absolute Gasteiger partial charge is 0.257 e. The summed E-state index contributed by atoms with van der Waals surface area (Å²) < 4.78 is 29.8. The molecule has 0 atom stereocenters. The Kier molecular flexibility index (Phi) is 6.93. The van der Waals surface area contributed by atoms with E-state index in [2.05, 4.69) is 10.3 Å². The summed E-state index contributed by atoms with van der Waals surface area (Å²) in [7, 11) is 1.83. The molecule has 1 aliphatic rings. The number of nitrogens with one attached hydrogen (secondary N) is 1. The number of aliphatic imine (C=N–C) groups is 1. The van der Waals surface area contributed by atoms with Gasteiger partial charge in [-0.05, 0) is 25.7 Å². The van der Waals surface area contributed by atoms with Gasteiger partial charge >= 0.3 is 0 Å². The molecule has 0 amide bonds. The summed E-state index contributed by atoms with van der Waals surface area (Å²) in [5, 5.41) is 2.99. The van der Waals surface area contributed by atoms with Crippen LogP contribution in [0.1, 0.15) is 19.8 Å². The fourth-order valence-electron chi connectivity index (χ4n) is 1.47. The number of alkyl halides is 2. The van der Waals surface area contributed by atoms with Gasteiger partial charge < -0.3 is 15.0 Å². The van der Waals surface area contributed by atoms with Crippen LogP contribution in [0.4, 0.5) is 8.78 Å². The second kappa shape index (κ2) is 8.24. The highest BCUT2D eigenvalue weighted by Crippen LogP contribution is 2.28. The van der Waals surface area contributed by atoms with E-state index < -0.39 is 13.0 Å². The van der Waals surface area contributed by atoms with Crippen LogP contribution in [0.15, 0.2) is 4.99 Å². The summed E-state index contributed by atoms with van der Waals surface area (Å²) >= 11 is 0. The number of nitrogens with zero attached hydrogens (tertiary/aromatic N) is 2. The Morgan fingerprint density at radius 1 is 1.50 bits per heavy atom. The quantitative estimate of drug-likeness (QED) is 0.410. The second-order valence-corrected chi connectivity index (χ2v) is 4.53. The molecule has 0 saturated heterocycles. The first-order valence-corrected chi connectivity index (χ1v) is 6.48. The van der Waals surface area contributed by atoms with Crippen LogP contribution < -0.4 is 5.32 Å². The van der Waals surface area contributed by atoms with Crippen LogP contribution >= 0.6 is 0 Å². The molecule has 1 fully saturated rings. The first-order valence-electron chi connectivity index (χ1n) is 6.48. The molecule has 18 heavy (non-hydrogen) atoms. The van der Waals surface area contributed by atoms with Gasteiger partial charge in [-0.1, -0.05) is 0 Å². The van der Waals surface area contributed by atoms with Gasteiger partial charge in [0.05, 0.1) is 6.61 Å². The van der Waals surface area contributed by atoms with Gasteiger partial charge in [-0.3, -0.25) is 0 Å². The van der Waals surface area contributed by atoms with Gasteiger partial charge in [0.25, 0.3) is 6.43 Å². The lowest BCUT2D eigenvalue weighted by Crippen LogP contribution is -2.41. The van der Waals surface area contributed by atoms with E-state index in [4.69, 9.17) is 4.74 Å². The SMILES string of the molecule is CCNC(=NCC(F)F)N(C)CCOCC1CC1. The van der Waals surface area contributed by atoms with Crippen molar-refractivity contribution < 1.29 is 13.5 Å².